The number of allylic oxidation sites excluding steroid dienone is 4. The molecule has 0 heterocycles. The second-order valence-corrected chi connectivity index (χ2v) is 19.7. The maximum absolute atomic E-state index is 2.75. The molecule has 41 heavy (non-hydrogen) atoms. The second-order valence-electron chi connectivity index (χ2n) is 13.0. The van der Waals surface area contributed by atoms with Crippen molar-refractivity contribution >= 4 is 3.21 Å². The number of rotatable bonds is 4. The predicted molar refractivity (Wildman–Crippen MR) is 165 cm³/mol. The summed E-state index contributed by atoms with van der Waals surface area (Å²) in [4.78, 5) is 0. The Balaban J connectivity index is 0.00000194. The van der Waals surface area contributed by atoms with E-state index in [2.05, 4.69) is 115 Å². The van der Waals surface area contributed by atoms with Crippen LogP contribution in [-0.4, -0.2) is 3.21 Å². The summed E-state index contributed by atoms with van der Waals surface area (Å²) in [6.45, 7) is 16.7. The summed E-state index contributed by atoms with van der Waals surface area (Å²) in [6.07, 6.45) is 12.3. The Bertz CT molecular complexity index is 1490. The van der Waals surface area contributed by atoms with Gasteiger partial charge in [-0.2, -0.15) is 0 Å². The fraction of sp³-hybridized carbons (Fsp3) is 0.395. The van der Waals surface area contributed by atoms with Crippen LogP contribution < -0.4 is 24.8 Å². The molecule has 214 valence electrons. The first-order valence-corrected chi connectivity index (χ1v) is 19.0. The minimum atomic E-state index is -2.49. The van der Waals surface area contributed by atoms with Crippen LogP contribution in [0.4, 0.5) is 0 Å². The molecule has 0 amide bonds. The van der Waals surface area contributed by atoms with Gasteiger partial charge in [0.1, 0.15) is 0 Å². The minimum Gasteiger partial charge on any atom is -1.00 e. The first-order valence-electron chi connectivity index (χ1n) is 15.1. The van der Waals surface area contributed by atoms with Gasteiger partial charge in [-0.25, -0.2) is 0 Å². The summed E-state index contributed by atoms with van der Waals surface area (Å²) < 4.78 is 4.03. The van der Waals surface area contributed by atoms with E-state index in [1.54, 1.807) is 23.2 Å². The van der Waals surface area contributed by atoms with E-state index in [4.69, 9.17) is 0 Å². The minimum absolute atomic E-state index is 0. The molecule has 0 nitrogen and oxygen atoms in total. The Labute approximate surface area is 268 Å². The Hall–Kier alpha value is -1.53. The van der Waals surface area contributed by atoms with Crippen molar-refractivity contribution in [2.24, 2.45) is 11.3 Å². The SMILES string of the molecule is C/[C](c1ccccc1)=[Zr+2](/[C]1=CC(C2(C)CCCCC2)=CC1C)[CH]1c2cc(C)c(C)cc2-c2cc(C)c(C)cc21.[Cl-].[Cl-]. The fourth-order valence-electron chi connectivity index (χ4n) is 7.57. The number of aryl methyl sites for hydroxylation is 4. The van der Waals surface area contributed by atoms with Crippen molar-refractivity contribution in [2.75, 3.05) is 0 Å². The van der Waals surface area contributed by atoms with Gasteiger partial charge < -0.3 is 24.8 Å². The first kappa shape index (κ1) is 32.4. The predicted octanol–water partition coefficient (Wildman–Crippen LogP) is 4.29. The number of benzene rings is 3. The topological polar surface area (TPSA) is 0 Å². The smallest absolute Gasteiger partial charge is 1.00 e. The van der Waals surface area contributed by atoms with Crippen LogP contribution in [0.15, 0.2) is 75.6 Å². The average Bonchev–Trinajstić information content (AvgIpc) is 3.44. The Morgan fingerprint density at radius 3 is 1.80 bits per heavy atom. The quantitative estimate of drug-likeness (QED) is 0.392. The molecule has 3 aliphatic carbocycles. The van der Waals surface area contributed by atoms with Crippen LogP contribution in [0.25, 0.3) is 11.1 Å². The molecule has 3 aromatic carbocycles. The molecule has 1 unspecified atom stereocenters. The van der Waals surface area contributed by atoms with Gasteiger partial charge in [-0.15, -0.1) is 0 Å². The van der Waals surface area contributed by atoms with Crippen molar-refractivity contribution in [3.05, 3.63) is 115 Å². The zero-order valence-corrected chi connectivity index (χ0v) is 29.8. The van der Waals surface area contributed by atoms with Crippen LogP contribution in [-0.2, 0) is 21.3 Å². The maximum Gasteiger partial charge on any atom is -1.00 e. The molecule has 0 bridgehead atoms. The number of halogens is 2. The van der Waals surface area contributed by atoms with Crippen LogP contribution in [0.2, 0.25) is 0 Å². The van der Waals surface area contributed by atoms with Gasteiger partial charge in [0, 0.05) is 0 Å². The maximum atomic E-state index is 2.75. The molecule has 0 aliphatic heterocycles. The monoisotopic (exact) mass is 660 g/mol. The van der Waals surface area contributed by atoms with E-state index < -0.39 is 21.3 Å². The van der Waals surface area contributed by atoms with Crippen molar-refractivity contribution in [3.8, 4) is 11.1 Å². The third-order valence-electron chi connectivity index (χ3n) is 10.3. The van der Waals surface area contributed by atoms with Gasteiger partial charge in [0.2, 0.25) is 0 Å². The molecule has 0 saturated heterocycles. The zero-order valence-electron chi connectivity index (χ0n) is 25.8. The third-order valence-corrected chi connectivity index (χ3v) is 19.0. The summed E-state index contributed by atoms with van der Waals surface area (Å²) in [5, 5.41) is 0. The van der Waals surface area contributed by atoms with E-state index in [1.165, 1.54) is 71.0 Å². The average molecular weight is 663 g/mol. The molecule has 1 fully saturated rings. The molecule has 1 saturated carbocycles. The van der Waals surface area contributed by atoms with Gasteiger partial charge in [-0.3, -0.25) is 0 Å². The van der Waals surface area contributed by atoms with Crippen molar-refractivity contribution in [1.29, 1.82) is 0 Å². The molecule has 1 atom stereocenters. The molecule has 3 aliphatic rings. The van der Waals surface area contributed by atoms with Gasteiger partial charge in [0.05, 0.1) is 0 Å². The normalized spacial score (nSPS) is 19.3. The van der Waals surface area contributed by atoms with Gasteiger partial charge >= 0.3 is 246 Å². The van der Waals surface area contributed by atoms with Gasteiger partial charge in [0.25, 0.3) is 0 Å². The Morgan fingerprint density at radius 1 is 0.756 bits per heavy atom. The van der Waals surface area contributed by atoms with Crippen LogP contribution in [0.5, 0.6) is 0 Å². The van der Waals surface area contributed by atoms with E-state index in [9.17, 15) is 0 Å². The molecule has 0 radical (unpaired) electrons. The molecular weight excluding hydrogens is 619 g/mol. The molecule has 6 rings (SSSR count). The summed E-state index contributed by atoms with van der Waals surface area (Å²) in [6, 6.07) is 21.5. The van der Waals surface area contributed by atoms with Gasteiger partial charge in [0.15, 0.2) is 0 Å². The molecular formula is C38H44Cl2Zr. The molecule has 0 spiro atoms. The molecule has 3 aromatic rings. The Kier molecular flexibility index (Phi) is 9.96. The van der Waals surface area contributed by atoms with E-state index in [0.717, 1.165) is 0 Å². The zero-order chi connectivity index (χ0) is 27.5. The van der Waals surface area contributed by atoms with E-state index in [-0.39, 0.29) is 24.8 Å². The van der Waals surface area contributed by atoms with Crippen molar-refractivity contribution in [1.82, 2.24) is 0 Å². The van der Waals surface area contributed by atoms with Crippen molar-refractivity contribution in [2.45, 2.75) is 84.2 Å². The number of hydrogen-bond acceptors (Lipinski definition) is 0. The number of hydrogen-bond donors (Lipinski definition) is 0. The summed E-state index contributed by atoms with van der Waals surface area (Å²) >= 11 is -2.49. The molecule has 0 N–H and O–H groups in total. The van der Waals surface area contributed by atoms with Crippen LogP contribution in [0.3, 0.4) is 0 Å². The van der Waals surface area contributed by atoms with E-state index >= 15 is 0 Å². The summed E-state index contributed by atoms with van der Waals surface area (Å²) in [5.74, 6) is 0.539. The third kappa shape index (κ3) is 5.73. The number of fused-ring (bicyclic) bond motifs is 3. The van der Waals surface area contributed by atoms with Crippen LogP contribution in [0, 0.1) is 39.0 Å². The van der Waals surface area contributed by atoms with Crippen LogP contribution >= 0.6 is 0 Å². The molecule has 0 aromatic heterocycles. The first-order chi connectivity index (χ1) is 18.7. The van der Waals surface area contributed by atoms with Crippen LogP contribution in [0.1, 0.15) is 95.4 Å². The summed E-state index contributed by atoms with van der Waals surface area (Å²) in [7, 11) is 0. The summed E-state index contributed by atoms with van der Waals surface area (Å²) in [5.41, 5.74) is 15.4. The largest absolute Gasteiger partial charge is 1.00 e. The fourth-order valence-corrected chi connectivity index (χ4v) is 16.6. The standard InChI is InChI=1S/C17H17.C13H19.C8H8.2ClH.Zr/c1-10-5-14-9-15-6-11(2)13(4)8-17(15)16(14)7-12(10)3;1-11-6-7-12(10-11)13(2)8-4-3-5-9-13;1-2-8-6-4-3-5-7-8;;;/h5-9H,1-4H3;7,10-11H,3-5,8-9H2,1-2H3;3-7H,1H3;2*1H;/q;;;;;+2/p-2. The van der Waals surface area contributed by atoms with Crippen molar-refractivity contribution < 1.29 is 46.1 Å². The van der Waals surface area contributed by atoms with Crippen molar-refractivity contribution in [3.63, 3.8) is 0 Å². The Morgan fingerprint density at radius 2 is 1.27 bits per heavy atom. The van der Waals surface area contributed by atoms with Gasteiger partial charge in [-0.05, 0) is 0 Å². The van der Waals surface area contributed by atoms with E-state index in [0.29, 0.717) is 15.0 Å². The van der Waals surface area contributed by atoms with E-state index in [1.807, 2.05) is 0 Å². The van der Waals surface area contributed by atoms with Gasteiger partial charge in [-0.1, -0.05) is 0 Å². The second kappa shape index (κ2) is 12.6. The molecule has 3 heteroatoms.